The molecular weight excluding hydrogens is 738 g/mol. The van der Waals surface area contributed by atoms with Gasteiger partial charge >= 0.3 is 18.3 Å². The second-order valence-electron chi connectivity index (χ2n) is 12.6. The van der Waals surface area contributed by atoms with Gasteiger partial charge in [0, 0.05) is 35.2 Å². The summed E-state index contributed by atoms with van der Waals surface area (Å²) in [4.78, 5) is 25.8. The lowest BCUT2D eigenvalue weighted by atomic mass is 9.81. The SMILES string of the molecule is O=C(O)C1CCC(C(=O)N2CCC(c3ccc(C(OCc4c(F)cccc4Cl)(C(F)(F)F)C(F)(F)F)cc3)(S(=O)(=O)c3ccc(F)cc3)C2)CC1. The molecule has 7 nitrogen and oxygen atoms in total. The van der Waals surface area contributed by atoms with Crippen molar-refractivity contribution in [2.75, 3.05) is 13.1 Å². The lowest BCUT2D eigenvalue weighted by Gasteiger charge is -2.38. The first-order valence-electron chi connectivity index (χ1n) is 15.6. The molecule has 1 saturated heterocycles. The Morgan fingerprint density at radius 3 is 1.96 bits per heavy atom. The number of likely N-dealkylation sites (tertiary alicyclic amines) is 1. The molecule has 1 atom stereocenters. The molecule has 1 saturated carbocycles. The van der Waals surface area contributed by atoms with Crippen molar-refractivity contribution in [1.29, 1.82) is 0 Å². The van der Waals surface area contributed by atoms with Crippen LogP contribution in [-0.2, 0) is 41.1 Å². The molecule has 0 aromatic heterocycles. The van der Waals surface area contributed by atoms with Crippen LogP contribution >= 0.6 is 11.6 Å². The van der Waals surface area contributed by atoms with E-state index in [1.165, 1.54) is 4.90 Å². The van der Waals surface area contributed by atoms with E-state index in [0.717, 1.165) is 54.6 Å². The average Bonchev–Trinajstić information content (AvgIpc) is 3.53. The third-order valence-electron chi connectivity index (χ3n) is 9.72. The number of carboxylic acids is 1. The molecule has 1 amide bonds. The minimum atomic E-state index is -6.17. The number of aliphatic carboxylic acids is 1. The summed E-state index contributed by atoms with van der Waals surface area (Å²) < 4.78 is 147. The molecule has 3 aromatic carbocycles. The third kappa shape index (κ3) is 6.93. The summed E-state index contributed by atoms with van der Waals surface area (Å²) in [5.41, 5.74) is -7.52. The average molecular weight is 768 g/mol. The summed E-state index contributed by atoms with van der Waals surface area (Å²) in [7, 11) is -4.62. The zero-order valence-electron chi connectivity index (χ0n) is 26.4. The van der Waals surface area contributed by atoms with Gasteiger partial charge in [-0.1, -0.05) is 41.9 Å². The van der Waals surface area contributed by atoms with Crippen LogP contribution in [-0.4, -0.2) is 55.7 Å². The number of carbonyl (C=O) groups is 2. The zero-order valence-corrected chi connectivity index (χ0v) is 28.0. The van der Waals surface area contributed by atoms with E-state index in [1.807, 2.05) is 0 Å². The lowest BCUT2D eigenvalue weighted by molar-refractivity contribution is -0.392. The molecule has 0 spiro atoms. The first kappa shape index (κ1) is 38.5. The topological polar surface area (TPSA) is 101 Å². The van der Waals surface area contributed by atoms with Crippen molar-refractivity contribution >= 4 is 33.3 Å². The molecule has 1 heterocycles. The normalized spacial score (nSPS) is 21.9. The summed E-state index contributed by atoms with van der Waals surface area (Å²) in [6.07, 6.45) is -11.8. The van der Waals surface area contributed by atoms with E-state index in [0.29, 0.717) is 12.1 Å². The molecule has 17 heteroatoms. The standard InChI is InChI=1S/C34H30ClF8NO6S/c35-27-2-1-3-28(37)26(27)18-50-32(33(38,39)40,34(41,42)43)23-10-8-22(9-11-23)31(51(48,49)25-14-12-24(36)13-15-25)16-17-44(19-31)29(45)20-4-6-21(7-5-20)30(46)47/h1-3,8-15,20-21H,4-7,16-19H2,(H,46,47). The molecule has 51 heavy (non-hydrogen) atoms. The highest BCUT2D eigenvalue weighted by Gasteiger charge is 2.73. The number of halogens is 9. The molecule has 1 aliphatic carbocycles. The largest absolute Gasteiger partial charge is 0.481 e. The monoisotopic (exact) mass is 767 g/mol. The fraction of sp³-hybridized carbons (Fsp3) is 0.412. The van der Waals surface area contributed by atoms with Gasteiger partial charge < -0.3 is 14.7 Å². The lowest BCUT2D eigenvalue weighted by Crippen LogP contribution is -2.56. The van der Waals surface area contributed by atoms with E-state index in [4.69, 9.17) is 11.6 Å². The molecule has 0 bridgehead atoms. The number of carbonyl (C=O) groups excluding carboxylic acids is 1. The van der Waals surface area contributed by atoms with Crippen LogP contribution in [0.4, 0.5) is 35.1 Å². The summed E-state index contributed by atoms with van der Waals surface area (Å²) in [5.74, 6) is -4.74. The Hall–Kier alpha value is -3.76. The van der Waals surface area contributed by atoms with Crippen molar-refractivity contribution in [2.45, 2.75) is 66.3 Å². The predicted molar refractivity (Wildman–Crippen MR) is 166 cm³/mol. The number of nitrogens with zero attached hydrogens (tertiary/aromatic N) is 1. The number of alkyl halides is 6. The highest BCUT2D eigenvalue weighted by Crippen LogP contribution is 2.54. The van der Waals surface area contributed by atoms with Gasteiger partial charge in [-0.3, -0.25) is 9.59 Å². The molecular formula is C34H30ClF8NO6S. The molecule has 3 aromatic rings. The predicted octanol–water partition coefficient (Wildman–Crippen LogP) is 7.95. The van der Waals surface area contributed by atoms with Gasteiger partial charge in [-0.05, 0) is 74.1 Å². The van der Waals surface area contributed by atoms with Gasteiger partial charge in [-0.25, -0.2) is 17.2 Å². The zero-order chi connectivity index (χ0) is 37.6. The van der Waals surface area contributed by atoms with Crippen LogP contribution < -0.4 is 0 Å². The summed E-state index contributed by atoms with van der Waals surface area (Å²) in [6.45, 7) is -2.25. The number of sulfone groups is 1. The number of rotatable bonds is 9. The number of amides is 1. The van der Waals surface area contributed by atoms with E-state index in [9.17, 15) is 58.2 Å². The Balaban J connectivity index is 1.56. The summed E-state index contributed by atoms with van der Waals surface area (Å²) >= 11 is 5.83. The second kappa shape index (κ2) is 14.0. The van der Waals surface area contributed by atoms with Gasteiger partial charge in [0.1, 0.15) is 16.4 Å². The number of carboxylic acid groups (broad SMARTS) is 1. The van der Waals surface area contributed by atoms with Crippen molar-refractivity contribution in [3.05, 3.63) is 100 Å². The van der Waals surface area contributed by atoms with Crippen LogP contribution in [0.15, 0.2) is 71.6 Å². The second-order valence-corrected chi connectivity index (χ2v) is 15.3. The number of benzene rings is 3. The maximum Gasteiger partial charge on any atom is 0.430 e. The third-order valence-corrected chi connectivity index (χ3v) is 12.6. The van der Waals surface area contributed by atoms with Crippen LogP contribution in [0.5, 0.6) is 0 Å². The van der Waals surface area contributed by atoms with Crippen molar-refractivity contribution in [1.82, 2.24) is 4.90 Å². The van der Waals surface area contributed by atoms with Crippen LogP contribution in [0.1, 0.15) is 48.8 Å². The van der Waals surface area contributed by atoms with Crippen molar-refractivity contribution in [3.63, 3.8) is 0 Å². The minimum absolute atomic E-state index is 0.165. The van der Waals surface area contributed by atoms with Crippen LogP contribution in [0.2, 0.25) is 5.02 Å². The van der Waals surface area contributed by atoms with Crippen molar-refractivity contribution in [2.24, 2.45) is 11.8 Å². The van der Waals surface area contributed by atoms with Crippen LogP contribution in [0, 0.1) is 23.5 Å². The molecule has 276 valence electrons. The smallest absolute Gasteiger partial charge is 0.430 e. The highest BCUT2D eigenvalue weighted by atomic mass is 35.5. The number of ether oxygens (including phenoxy) is 1. The van der Waals surface area contributed by atoms with E-state index in [-0.39, 0.29) is 44.2 Å². The number of hydrogen-bond acceptors (Lipinski definition) is 5. The fourth-order valence-electron chi connectivity index (χ4n) is 6.86. The molecule has 1 N–H and O–H groups in total. The first-order chi connectivity index (χ1) is 23.7. The molecule has 0 radical (unpaired) electrons. The van der Waals surface area contributed by atoms with Crippen molar-refractivity contribution in [3.8, 4) is 0 Å². The van der Waals surface area contributed by atoms with Gasteiger partial charge in [0.15, 0.2) is 9.84 Å². The first-order valence-corrected chi connectivity index (χ1v) is 17.4. The Kier molecular flexibility index (Phi) is 10.6. The molecule has 1 unspecified atom stereocenters. The Morgan fingerprint density at radius 2 is 1.43 bits per heavy atom. The van der Waals surface area contributed by atoms with E-state index in [1.54, 1.807) is 0 Å². The Morgan fingerprint density at radius 1 is 0.863 bits per heavy atom. The van der Waals surface area contributed by atoms with Gasteiger partial charge in [0.25, 0.3) is 5.60 Å². The van der Waals surface area contributed by atoms with Gasteiger partial charge in [0.05, 0.1) is 17.4 Å². The van der Waals surface area contributed by atoms with Gasteiger partial charge in [-0.2, -0.15) is 26.3 Å². The van der Waals surface area contributed by atoms with Crippen LogP contribution in [0.3, 0.4) is 0 Å². The highest BCUT2D eigenvalue weighted by molar-refractivity contribution is 7.92. The van der Waals surface area contributed by atoms with E-state index < -0.39 is 102 Å². The van der Waals surface area contributed by atoms with Gasteiger partial charge in [0.2, 0.25) is 5.91 Å². The maximum atomic E-state index is 14.6. The van der Waals surface area contributed by atoms with Gasteiger partial charge in [-0.15, -0.1) is 0 Å². The number of hydrogen-bond donors (Lipinski definition) is 1. The molecule has 5 rings (SSSR count). The van der Waals surface area contributed by atoms with Crippen LogP contribution in [0.25, 0.3) is 0 Å². The Bertz CT molecular complexity index is 1840. The fourth-order valence-corrected chi connectivity index (χ4v) is 9.15. The quantitative estimate of drug-likeness (QED) is 0.175. The van der Waals surface area contributed by atoms with Crippen molar-refractivity contribution < 1.29 is 63.0 Å². The molecule has 2 aliphatic rings. The summed E-state index contributed by atoms with van der Waals surface area (Å²) in [5, 5.41) is 8.83. The Labute approximate surface area is 292 Å². The minimum Gasteiger partial charge on any atom is -0.481 e. The maximum absolute atomic E-state index is 14.6. The molecule has 1 aliphatic heterocycles. The molecule has 2 fully saturated rings. The van der Waals surface area contributed by atoms with E-state index in [2.05, 4.69) is 4.74 Å². The van der Waals surface area contributed by atoms with E-state index >= 15 is 0 Å². The summed E-state index contributed by atoms with van der Waals surface area (Å²) in [6, 6.07) is 8.94.